The molecule has 2 heterocycles. The summed E-state index contributed by atoms with van der Waals surface area (Å²) in [5.74, 6) is -0.556. The lowest BCUT2D eigenvalue weighted by Crippen LogP contribution is -2.38. The van der Waals surface area contributed by atoms with E-state index in [1.54, 1.807) is 18.5 Å². The van der Waals surface area contributed by atoms with Crippen molar-refractivity contribution < 1.29 is 19.4 Å². The lowest BCUT2D eigenvalue weighted by atomic mass is 9.86. The summed E-state index contributed by atoms with van der Waals surface area (Å²) in [5, 5.41) is 18.9. The van der Waals surface area contributed by atoms with E-state index in [1.807, 2.05) is 36.4 Å². The number of rotatable bonds is 7. The molecule has 31 heavy (non-hydrogen) atoms. The smallest absolute Gasteiger partial charge is 0.306 e. The Balaban J connectivity index is 1.31. The zero-order valence-corrected chi connectivity index (χ0v) is 17.0. The maximum absolute atomic E-state index is 12.6. The van der Waals surface area contributed by atoms with Crippen molar-refractivity contribution >= 4 is 11.9 Å². The molecule has 0 saturated heterocycles. The number of hydrogen-bond donors (Lipinski definition) is 3. The summed E-state index contributed by atoms with van der Waals surface area (Å²) in [6, 6.07) is 12.9. The van der Waals surface area contributed by atoms with E-state index in [2.05, 4.69) is 20.5 Å². The van der Waals surface area contributed by atoms with Crippen LogP contribution in [0.4, 0.5) is 0 Å². The van der Waals surface area contributed by atoms with Crippen LogP contribution >= 0.6 is 0 Å². The zero-order valence-electron chi connectivity index (χ0n) is 17.0. The van der Waals surface area contributed by atoms with Crippen molar-refractivity contribution in [2.45, 2.75) is 38.3 Å². The quantitative estimate of drug-likeness (QED) is 0.539. The molecule has 0 aliphatic heterocycles. The van der Waals surface area contributed by atoms with Crippen molar-refractivity contribution in [2.75, 3.05) is 0 Å². The molecule has 1 saturated carbocycles. The molecule has 3 N–H and O–H groups in total. The number of ether oxygens (including phenoxy) is 1. The van der Waals surface area contributed by atoms with Gasteiger partial charge in [0.15, 0.2) is 0 Å². The fourth-order valence-electron chi connectivity index (χ4n) is 3.75. The van der Waals surface area contributed by atoms with E-state index in [1.165, 1.54) is 0 Å². The van der Waals surface area contributed by atoms with Gasteiger partial charge in [0.25, 0.3) is 5.91 Å². The van der Waals surface area contributed by atoms with Gasteiger partial charge in [0.05, 0.1) is 23.5 Å². The van der Waals surface area contributed by atoms with Crippen LogP contribution in [0, 0.1) is 5.92 Å². The van der Waals surface area contributed by atoms with Crippen LogP contribution in [0.3, 0.4) is 0 Å². The first-order chi connectivity index (χ1) is 15.1. The van der Waals surface area contributed by atoms with Gasteiger partial charge in [0, 0.05) is 17.8 Å². The Hall–Kier alpha value is -3.68. The average Bonchev–Trinajstić information content (AvgIpc) is 3.34. The summed E-state index contributed by atoms with van der Waals surface area (Å²) in [4.78, 5) is 28.1. The Morgan fingerprint density at radius 1 is 1.13 bits per heavy atom. The van der Waals surface area contributed by atoms with Crippen LogP contribution in [0.25, 0.3) is 11.4 Å². The van der Waals surface area contributed by atoms with Crippen LogP contribution in [0.2, 0.25) is 0 Å². The lowest BCUT2D eigenvalue weighted by molar-refractivity contribution is -0.142. The standard InChI is InChI=1S/C23H24N4O4/c28-22(26-18-6-4-16(5-7-18)23(29)30)17-3-1-2-15(12-17)14-31-19-8-9-20(24-13-19)21-10-11-25-27-21/h1-3,8-13,16,18H,4-7,14H2,(H,25,27)(H,26,28)(H,29,30). The topological polar surface area (TPSA) is 117 Å². The van der Waals surface area contributed by atoms with E-state index in [4.69, 9.17) is 9.84 Å². The minimum atomic E-state index is -0.747. The molecule has 0 radical (unpaired) electrons. The second-order valence-corrected chi connectivity index (χ2v) is 7.70. The minimum Gasteiger partial charge on any atom is -0.487 e. The molecule has 0 bridgehead atoms. The summed E-state index contributed by atoms with van der Waals surface area (Å²) in [6.07, 6.45) is 5.90. The number of carbonyl (C=O) groups excluding carboxylic acids is 1. The highest BCUT2D eigenvalue weighted by atomic mass is 16.5. The number of nitrogens with zero attached hydrogens (tertiary/aromatic N) is 2. The molecule has 8 nitrogen and oxygen atoms in total. The van der Waals surface area contributed by atoms with Gasteiger partial charge < -0.3 is 15.2 Å². The number of pyridine rings is 1. The lowest BCUT2D eigenvalue weighted by Gasteiger charge is -2.26. The van der Waals surface area contributed by atoms with E-state index in [0.29, 0.717) is 43.6 Å². The Kier molecular flexibility index (Phi) is 6.26. The molecule has 160 valence electrons. The first-order valence-corrected chi connectivity index (χ1v) is 10.3. The Morgan fingerprint density at radius 3 is 2.65 bits per heavy atom. The maximum atomic E-state index is 12.6. The highest BCUT2D eigenvalue weighted by molar-refractivity contribution is 5.94. The maximum Gasteiger partial charge on any atom is 0.306 e. The SMILES string of the molecule is O=C(NC1CCC(C(=O)O)CC1)c1cccc(COc2ccc(-c3ccn[nH]3)nc2)c1. The fourth-order valence-corrected chi connectivity index (χ4v) is 3.75. The second-order valence-electron chi connectivity index (χ2n) is 7.70. The van der Waals surface area contributed by atoms with Gasteiger partial charge in [-0.05, 0) is 61.6 Å². The van der Waals surface area contributed by atoms with Gasteiger partial charge in [-0.25, -0.2) is 0 Å². The van der Waals surface area contributed by atoms with Crippen molar-refractivity contribution in [3.63, 3.8) is 0 Å². The van der Waals surface area contributed by atoms with E-state index in [9.17, 15) is 9.59 Å². The molecular weight excluding hydrogens is 396 g/mol. The number of carboxylic acid groups (broad SMARTS) is 1. The van der Waals surface area contributed by atoms with Gasteiger partial charge in [-0.1, -0.05) is 12.1 Å². The van der Waals surface area contributed by atoms with Crippen molar-refractivity contribution in [2.24, 2.45) is 5.92 Å². The summed E-state index contributed by atoms with van der Waals surface area (Å²) >= 11 is 0. The first-order valence-electron chi connectivity index (χ1n) is 10.3. The predicted octanol–water partition coefficient (Wildman–Crippen LogP) is 3.42. The molecule has 1 fully saturated rings. The Labute approximate surface area is 179 Å². The van der Waals surface area contributed by atoms with Crippen LogP contribution in [0.5, 0.6) is 5.75 Å². The number of aromatic nitrogens is 3. The molecule has 1 aromatic carbocycles. The number of benzene rings is 1. The van der Waals surface area contributed by atoms with Crippen LogP contribution in [0.15, 0.2) is 54.9 Å². The van der Waals surface area contributed by atoms with Crippen LogP contribution in [-0.2, 0) is 11.4 Å². The van der Waals surface area contributed by atoms with Crippen molar-refractivity contribution in [1.82, 2.24) is 20.5 Å². The molecule has 8 heteroatoms. The Morgan fingerprint density at radius 2 is 1.97 bits per heavy atom. The van der Waals surface area contributed by atoms with E-state index in [0.717, 1.165) is 17.0 Å². The summed E-state index contributed by atoms with van der Waals surface area (Å²) in [6.45, 7) is 0.315. The van der Waals surface area contributed by atoms with Gasteiger partial charge in [-0.2, -0.15) is 5.10 Å². The molecule has 0 spiro atoms. The van der Waals surface area contributed by atoms with Crippen molar-refractivity contribution in [1.29, 1.82) is 0 Å². The van der Waals surface area contributed by atoms with Gasteiger partial charge in [0.2, 0.25) is 0 Å². The number of hydrogen-bond acceptors (Lipinski definition) is 5. The summed E-state index contributed by atoms with van der Waals surface area (Å²) in [7, 11) is 0. The van der Waals surface area contributed by atoms with Crippen LogP contribution in [0.1, 0.15) is 41.6 Å². The highest BCUT2D eigenvalue weighted by Gasteiger charge is 2.26. The van der Waals surface area contributed by atoms with Crippen LogP contribution < -0.4 is 10.1 Å². The zero-order chi connectivity index (χ0) is 21.6. The molecule has 0 unspecified atom stereocenters. The van der Waals surface area contributed by atoms with E-state index in [-0.39, 0.29) is 17.9 Å². The number of carboxylic acids is 1. The number of aromatic amines is 1. The number of nitrogens with one attached hydrogen (secondary N) is 2. The van der Waals surface area contributed by atoms with Gasteiger partial charge in [0.1, 0.15) is 12.4 Å². The molecule has 1 aliphatic rings. The van der Waals surface area contributed by atoms with Crippen LogP contribution in [-0.4, -0.2) is 38.2 Å². The molecule has 3 aromatic rings. The molecular formula is C23H24N4O4. The number of amides is 1. The predicted molar refractivity (Wildman–Crippen MR) is 113 cm³/mol. The van der Waals surface area contributed by atoms with Gasteiger partial charge in [-0.15, -0.1) is 0 Å². The van der Waals surface area contributed by atoms with Crippen molar-refractivity contribution in [3.05, 3.63) is 66.0 Å². The fraction of sp³-hybridized carbons (Fsp3) is 0.304. The number of H-pyrrole nitrogens is 1. The normalized spacial score (nSPS) is 18.3. The third-order valence-electron chi connectivity index (χ3n) is 5.52. The number of carbonyl (C=O) groups is 2. The van der Waals surface area contributed by atoms with Gasteiger partial charge in [-0.3, -0.25) is 19.7 Å². The molecule has 1 aliphatic carbocycles. The van der Waals surface area contributed by atoms with E-state index < -0.39 is 5.97 Å². The molecule has 4 rings (SSSR count). The monoisotopic (exact) mass is 420 g/mol. The highest BCUT2D eigenvalue weighted by Crippen LogP contribution is 2.25. The third kappa shape index (κ3) is 5.28. The first kappa shape index (κ1) is 20.6. The summed E-state index contributed by atoms with van der Waals surface area (Å²) in [5.41, 5.74) is 3.05. The largest absolute Gasteiger partial charge is 0.487 e. The minimum absolute atomic E-state index is 0.0162. The Bertz CT molecular complexity index is 1030. The number of aliphatic carboxylic acids is 1. The summed E-state index contributed by atoms with van der Waals surface area (Å²) < 4.78 is 5.81. The van der Waals surface area contributed by atoms with Crippen molar-refractivity contribution in [3.8, 4) is 17.1 Å². The van der Waals surface area contributed by atoms with E-state index >= 15 is 0 Å². The molecule has 1 amide bonds. The van der Waals surface area contributed by atoms with Gasteiger partial charge >= 0.3 is 5.97 Å². The second kappa shape index (κ2) is 9.42. The average molecular weight is 420 g/mol. The molecule has 2 aromatic heterocycles. The third-order valence-corrected chi connectivity index (χ3v) is 5.52. The molecule has 0 atom stereocenters.